The average molecular weight is 191 g/mol. The predicted molar refractivity (Wildman–Crippen MR) is 47.0 cm³/mol. The van der Waals surface area contributed by atoms with Crippen LogP contribution in [0.2, 0.25) is 0 Å². The molecule has 0 aliphatic carbocycles. The second-order valence-electron chi connectivity index (χ2n) is 2.59. The summed E-state index contributed by atoms with van der Waals surface area (Å²) in [5.41, 5.74) is 1.29. The molecule has 1 unspecified atom stereocenters. The minimum Gasteiger partial charge on any atom is -0.100 e. The lowest BCUT2D eigenvalue weighted by Crippen LogP contribution is -1.99. The third kappa shape index (κ3) is 4.71. The van der Waals surface area contributed by atoms with Gasteiger partial charge in [0.2, 0.25) is 0 Å². The van der Waals surface area contributed by atoms with Crippen molar-refractivity contribution in [2.75, 3.05) is 5.33 Å². The lowest BCUT2D eigenvalue weighted by molar-refractivity contribution is 0.571. The van der Waals surface area contributed by atoms with Gasteiger partial charge in [-0.25, -0.2) is 0 Å². The van der Waals surface area contributed by atoms with E-state index >= 15 is 0 Å². The molecular formula is C8H15Br. The summed E-state index contributed by atoms with van der Waals surface area (Å²) < 4.78 is 0. The van der Waals surface area contributed by atoms with E-state index in [0.29, 0.717) is 0 Å². The van der Waals surface area contributed by atoms with Gasteiger partial charge in [-0.15, -0.1) is 6.58 Å². The Kier molecular flexibility index (Phi) is 5.16. The Morgan fingerprint density at radius 3 is 2.33 bits per heavy atom. The molecule has 0 aliphatic heterocycles. The molecule has 0 aromatic rings. The van der Waals surface area contributed by atoms with Crippen LogP contribution in [-0.2, 0) is 0 Å². The van der Waals surface area contributed by atoms with Crippen LogP contribution in [0.1, 0.15) is 26.7 Å². The van der Waals surface area contributed by atoms with Crippen molar-refractivity contribution in [1.82, 2.24) is 0 Å². The highest BCUT2D eigenvalue weighted by atomic mass is 79.9. The van der Waals surface area contributed by atoms with Gasteiger partial charge in [0.05, 0.1) is 0 Å². The van der Waals surface area contributed by atoms with Crippen LogP contribution in [0, 0.1) is 5.92 Å². The molecular weight excluding hydrogens is 176 g/mol. The fourth-order valence-electron chi connectivity index (χ4n) is 0.801. The third-order valence-corrected chi connectivity index (χ3v) is 2.35. The van der Waals surface area contributed by atoms with E-state index in [2.05, 4.69) is 36.4 Å². The lowest BCUT2D eigenvalue weighted by Gasteiger charge is -2.09. The van der Waals surface area contributed by atoms with Crippen LogP contribution < -0.4 is 0 Å². The molecule has 0 fully saturated rings. The summed E-state index contributed by atoms with van der Waals surface area (Å²) in [7, 11) is 0. The zero-order valence-corrected chi connectivity index (χ0v) is 7.87. The molecule has 0 aromatic heterocycles. The first kappa shape index (κ1) is 9.22. The third-order valence-electron chi connectivity index (χ3n) is 1.43. The van der Waals surface area contributed by atoms with Gasteiger partial charge in [-0.3, -0.25) is 0 Å². The Hall–Kier alpha value is 0.220. The van der Waals surface area contributed by atoms with E-state index in [1.165, 1.54) is 18.4 Å². The fraction of sp³-hybridized carbons (Fsp3) is 0.750. The summed E-state index contributed by atoms with van der Waals surface area (Å²) in [4.78, 5) is 0. The molecule has 0 radical (unpaired) electrons. The van der Waals surface area contributed by atoms with Crippen LogP contribution >= 0.6 is 15.9 Å². The van der Waals surface area contributed by atoms with Crippen molar-refractivity contribution in [3.63, 3.8) is 0 Å². The van der Waals surface area contributed by atoms with Gasteiger partial charge in [0.25, 0.3) is 0 Å². The number of rotatable bonds is 4. The predicted octanol–water partition coefficient (Wildman–Crippen LogP) is 3.37. The molecule has 0 saturated heterocycles. The van der Waals surface area contributed by atoms with Gasteiger partial charge in [0.15, 0.2) is 0 Å². The Bertz CT molecular complexity index is 82.6. The molecule has 1 heteroatoms. The molecule has 0 amide bonds. The zero-order valence-electron chi connectivity index (χ0n) is 6.28. The topological polar surface area (TPSA) is 0 Å². The van der Waals surface area contributed by atoms with E-state index in [0.717, 1.165) is 11.2 Å². The SMILES string of the molecule is C=C(C)CC(CC)CBr. The lowest BCUT2D eigenvalue weighted by atomic mass is 10.0. The van der Waals surface area contributed by atoms with Crippen LogP contribution in [-0.4, -0.2) is 5.33 Å². The molecule has 0 N–H and O–H groups in total. The van der Waals surface area contributed by atoms with Crippen LogP contribution in [0.25, 0.3) is 0 Å². The summed E-state index contributed by atoms with van der Waals surface area (Å²) in [5, 5.41) is 1.11. The maximum atomic E-state index is 3.87. The van der Waals surface area contributed by atoms with E-state index in [1.807, 2.05) is 0 Å². The van der Waals surface area contributed by atoms with Crippen molar-refractivity contribution in [1.29, 1.82) is 0 Å². The minimum absolute atomic E-state index is 0.794. The molecule has 0 rings (SSSR count). The van der Waals surface area contributed by atoms with Crippen LogP contribution in [0.3, 0.4) is 0 Å². The molecule has 0 aliphatic rings. The van der Waals surface area contributed by atoms with Crippen LogP contribution in [0.15, 0.2) is 12.2 Å². The fourth-order valence-corrected chi connectivity index (χ4v) is 1.49. The van der Waals surface area contributed by atoms with Gasteiger partial charge < -0.3 is 0 Å². The molecule has 1 atom stereocenters. The first-order valence-corrected chi connectivity index (χ1v) is 4.53. The quantitative estimate of drug-likeness (QED) is 0.472. The highest BCUT2D eigenvalue weighted by Gasteiger charge is 2.02. The van der Waals surface area contributed by atoms with E-state index in [1.54, 1.807) is 0 Å². The number of alkyl halides is 1. The summed E-state index contributed by atoms with van der Waals surface area (Å²) in [6.07, 6.45) is 2.42. The van der Waals surface area contributed by atoms with E-state index in [4.69, 9.17) is 0 Å². The van der Waals surface area contributed by atoms with Gasteiger partial charge in [-0.2, -0.15) is 0 Å². The highest BCUT2D eigenvalue weighted by Crippen LogP contribution is 2.15. The van der Waals surface area contributed by atoms with Crippen molar-refractivity contribution in [2.45, 2.75) is 26.7 Å². The molecule has 0 aromatic carbocycles. The molecule has 54 valence electrons. The Morgan fingerprint density at radius 2 is 2.22 bits per heavy atom. The Balaban J connectivity index is 3.43. The van der Waals surface area contributed by atoms with Gasteiger partial charge in [-0.1, -0.05) is 34.8 Å². The minimum atomic E-state index is 0.794. The number of halogens is 1. The summed E-state index contributed by atoms with van der Waals surface area (Å²) >= 11 is 3.46. The van der Waals surface area contributed by atoms with E-state index in [-0.39, 0.29) is 0 Å². The zero-order chi connectivity index (χ0) is 7.28. The average Bonchev–Trinajstić information content (AvgIpc) is 1.82. The first-order valence-electron chi connectivity index (χ1n) is 3.41. The first-order chi connectivity index (χ1) is 4.20. The molecule has 0 bridgehead atoms. The molecule has 0 spiro atoms. The van der Waals surface area contributed by atoms with Crippen molar-refractivity contribution < 1.29 is 0 Å². The second-order valence-corrected chi connectivity index (χ2v) is 3.24. The molecule has 0 heterocycles. The van der Waals surface area contributed by atoms with Gasteiger partial charge in [-0.05, 0) is 19.3 Å². The number of hydrogen-bond acceptors (Lipinski definition) is 0. The summed E-state index contributed by atoms with van der Waals surface area (Å²) in [6, 6.07) is 0. The Labute approximate surface area is 66.5 Å². The monoisotopic (exact) mass is 190 g/mol. The maximum absolute atomic E-state index is 3.87. The van der Waals surface area contributed by atoms with Gasteiger partial charge in [0.1, 0.15) is 0 Å². The molecule has 9 heavy (non-hydrogen) atoms. The second kappa shape index (κ2) is 5.04. The van der Waals surface area contributed by atoms with Crippen molar-refractivity contribution in [2.24, 2.45) is 5.92 Å². The maximum Gasteiger partial charge on any atom is 0.00626 e. The Morgan fingerprint density at radius 1 is 1.67 bits per heavy atom. The summed E-state index contributed by atoms with van der Waals surface area (Å²) in [6.45, 7) is 8.18. The van der Waals surface area contributed by atoms with Crippen LogP contribution in [0.5, 0.6) is 0 Å². The van der Waals surface area contributed by atoms with Crippen LogP contribution in [0.4, 0.5) is 0 Å². The number of hydrogen-bond donors (Lipinski definition) is 0. The van der Waals surface area contributed by atoms with Gasteiger partial charge >= 0.3 is 0 Å². The smallest absolute Gasteiger partial charge is 0.00626 e. The summed E-state index contributed by atoms with van der Waals surface area (Å²) in [5.74, 6) is 0.794. The molecule has 0 saturated carbocycles. The van der Waals surface area contributed by atoms with Crippen molar-refractivity contribution >= 4 is 15.9 Å². The normalized spacial score (nSPS) is 13.2. The number of allylic oxidation sites excluding steroid dienone is 1. The molecule has 0 nitrogen and oxygen atoms in total. The standard InChI is InChI=1S/C8H15Br/c1-4-8(6-9)5-7(2)3/h8H,2,4-6H2,1,3H3. The largest absolute Gasteiger partial charge is 0.100 e. The van der Waals surface area contributed by atoms with E-state index in [9.17, 15) is 0 Å². The van der Waals surface area contributed by atoms with E-state index < -0.39 is 0 Å². The highest BCUT2D eigenvalue weighted by molar-refractivity contribution is 9.09. The van der Waals surface area contributed by atoms with Gasteiger partial charge in [0, 0.05) is 5.33 Å². The van der Waals surface area contributed by atoms with Crippen molar-refractivity contribution in [3.05, 3.63) is 12.2 Å². The van der Waals surface area contributed by atoms with Crippen molar-refractivity contribution in [3.8, 4) is 0 Å².